The number of aromatic nitrogens is 2. The number of benzene rings is 2. The number of rotatable bonds is 4. The lowest BCUT2D eigenvalue weighted by Crippen LogP contribution is -2.20. The Hall–Kier alpha value is -2.79. The SMILES string of the molecule is Cc1ccc(-c2n[nH]c(C3CC3)c2NC(=O)Nc2ccc(Cl)cc2)c(C)c1. The van der Waals surface area contributed by atoms with E-state index in [0.29, 0.717) is 16.6 Å². The smallest absolute Gasteiger partial charge is 0.308 e. The summed E-state index contributed by atoms with van der Waals surface area (Å²) in [6.07, 6.45) is 2.23. The summed E-state index contributed by atoms with van der Waals surface area (Å²) in [7, 11) is 0. The van der Waals surface area contributed by atoms with Gasteiger partial charge in [0.05, 0.1) is 11.4 Å². The van der Waals surface area contributed by atoms with E-state index in [-0.39, 0.29) is 6.03 Å². The summed E-state index contributed by atoms with van der Waals surface area (Å²) in [4.78, 5) is 12.6. The van der Waals surface area contributed by atoms with E-state index < -0.39 is 0 Å². The molecule has 27 heavy (non-hydrogen) atoms. The van der Waals surface area contributed by atoms with Crippen molar-refractivity contribution >= 4 is 29.0 Å². The Morgan fingerprint density at radius 1 is 1.11 bits per heavy atom. The number of nitrogens with one attached hydrogen (secondary N) is 3. The zero-order valence-electron chi connectivity index (χ0n) is 15.3. The first-order valence-electron chi connectivity index (χ1n) is 9.00. The Kier molecular flexibility index (Phi) is 4.62. The van der Waals surface area contributed by atoms with Gasteiger partial charge in [-0.2, -0.15) is 5.10 Å². The topological polar surface area (TPSA) is 69.8 Å². The molecule has 2 amide bonds. The average molecular weight is 381 g/mol. The summed E-state index contributed by atoms with van der Waals surface area (Å²) in [6, 6.07) is 13.0. The van der Waals surface area contributed by atoms with Crippen LogP contribution in [0.3, 0.4) is 0 Å². The zero-order valence-corrected chi connectivity index (χ0v) is 16.0. The molecular formula is C21H21ClN4O. The van der Waals surface area contributed by atoms with E-state index in [0.717, 1.165) is 41.0 Å². The lowest BCUT2D eigenvalue weighted by molar-refractivity contribution is 0.262. The molecule has 1 saturated carbocycles. The lowest BCUT2D eigenvalue weighted by atomic mass is 10.0. The van der Waals surface area contributed by atoms with Gasteiger partial charge in [0, 0.05) is 22.2 Å². The van der Waals surface area contributed by atoms with Crippen molar-refractivity contribution in [3.63, 3.8) is 0 Å². The van der Waals surface area contributed by atoms with Crippen LogP contribution >= 0.6 is 11.6 Å². The number of hydrogen-bond acceptors (Lipinski definition) is 2. The van der Waals surface area contributed by atoms with Gasteiger partial charge in [0.15, 0.2) is 0 Å². The third kappa shape index (κ3) is 3.83. The van der Waals surface area contributed by atoms with Crippen molar-refractivity contribution in [3.05, 3.63) is 64.3 Å². The first kappa shape index (κ1) is 17.6. The quantitative estimate of drug-likeness (QED) is 0.529. The Morgan fingerprint density at radius 2 is 1.85 bits per heavy atom. The van der Waals surface area contributed by atoms with Crippen molar-refractivity contribution in [2.75, 3.05) is 10.6 Å². The molecule has 5 nitrogen and oxygen atoms in total. The van der Waals surface area contributed by atoms with Gasteiger partial charge in [0.25, 0.3) is 0 Å². The molecule has 3 N–H and O–H groups in total. The third-order valence-electron chi connectivity index (χ3n) is 4.76. The van der Waals surface area contributed by atoms with E-state index in [1.807, 2.05) is 0 Å². The number of aromatic amines is 1. The largest absolute Gasteiger partial charge is 0.323 e. The van der Waals surface area contributed by atoms with Crippen LogP contribution in [0, 0.1) is 13.8 Å². The normalized spacial score (nSPS) is 13.4. The number of hydrogen-bond donors (Lipinski definition) is 3. The van der Waals surface area contributed by atoms with Crippen molar-refractivity contribution < 1.29 is 4.79 Å². The fourth-order valence-corrected chi connectivity index (χ4v) is 3.36. The molecule has 0 atom stereocenters. The van der Waals surface area contributed by atoms with Gasteiger partial charge in [-0.15, -0.1) is 0 Å². The number of amides is 2. The van der Waals surface area contributed by atoms with Crippen LogP contribution in [-0.2, 0) is 0 Å². The predicted octanol–water partition coefficient (Wildman–Crippen LogP) is 5.87. The van der Waals surface area contributed by atoms with Crippen molar-refractivity contribution in [2.24, 2.45) is 0 Å². The molecule has 6 heteroatoms. The molecule has 1 fully saturated rings. The number of H-pyrrole nitrogens is 1. The molecule has 0 saturated heterocycles. The molecule has 2 aromatic carbocycles. The predicted molar refractivity (Wildman–Crippen MR) is 110 cm³/mol. The van der Waals surface area contributed by atoms with E-state index in [1.165, 1.54) is 5.56 Å². The van der Waals surface area contributed by atoms with Gasteiger partial charge in [-0.05, 0) is 56.5 Å². The molecule has 1 heterocycles. The van der Waals surface area contributed by atoms with Gasteiger partial charge in [-0.3, -0.25) is 5.10 Å². The number of carbonyl (C=O) groups excluding carboxylic acids is 1. The summed E-state index contributed by atoms with van der Waals surface area (Å²) in [6.45, 7) is 4.13. The van der Waals surface area contributed by atoms with Crippen LogP contribution < -0.4 is 10.6 Å². The van der Waals surface area contributed by atoms with Crippen LogP contribution in [0.1, 0.15) is 35.6 Å². The van der Waals surface area contributed by atoms with E-state index in [9.17, 15) is 4.79 Å². The Balaban J connectivity index is 1.63. The number of aryl methyl sites for hydroxylation is 2. The number of halogens is 1. The van der Waals surface area contributed by atoms with Crippen LogP contribution in [0.15, 0.2) is 42.5 Å². The fraction of sp³-hybridized carbons (Fsp3) is 0.238. The van der Waals surface area contributed by atoms with E-state index in [4.69, 9.17) is 11.6 Å². The van der Waals surface area contributed by atoms with Gasteiger partial charge in [-0.1, -0.05) is 35.4 Å². The molecule has 4 rings (SSSR count). The molecule has 1 aromatic heterocycles. The number of carbonyl (C=O) groups is 1. The summed E-state index contributed by atoms with van der Waals surface area (Å²) < 4.78 is 0. The van der Waals surface area contributed by atoms with Gasteiger partial charge in [0.1, 0.15) is 5.69 Å². The van der Waals surface area contributed by atoms with E-state index in [1.54, 1.807) is 24.3 Å². The van der Waals surface area contributed by atoms with Crippen molar-refractivity contribution in [3.8, 4) is 11.3 Å². The Labute approximate surface area is 163 Å². The molecule has 0 aliphatic heterocycles. The summed E-state index contributed by atoms with van der Waals surface area (Å²) in [5.41, 5.74) is 6.56. The van der Waals surface area contributed by atoms with Crippen LogP contribution in [0.5, 0.6) is 0 Å². The molecule has 1 aliphatic carbocycles. The minimum Gasteiger partial charge on any atom is -0.308 e. The van der Waals surface area contributed by atoms with Gasteiger partial charge < -0.3 is 10.6 Å². The zero-order chi connectivity index (χ0) is 19.0. The maximum absolute atomic E-state index is 12.6. The molecule has 0 unspecified atom stereocenters. The molecule has 0 radical (unpaired) electrons. The summed E-state index contributed by atoms with van der Waals surface area (Å²) in [5.74, 6) is 0.433. The summed E-state index contributed by atoms with van der Waals surface area (Å²) >= 11 is 5.90. The number of urea groups is 1. The van der Waals surface area contributed by atoms with Crippen LogP contribution in [-0.4, -0.2) is 16.2 Å². The Bertz CT molecular complexity index is 990. The second kappa shape index (κ2) is 7.08. The molecule has 1 aliphatic rings. The highest BCUT2D eigenvalue weighted by molar-refractivity contribution is 6.30. The van der Waals surface area contributed by atoms with Crippen molar-refractivity contribution in [2.45, 2.75) is 32.6 Å². The third-order valence-corrected chi connectivity index (χ3v) is 5.01. The highest BCUT2D eigenvalue weighted by Gasteiger charge is 2.31. The van der Waals surface area contributed by atoms with E-state index in [2.05, 4.69) is 52.9 Å². The van der Waals surface area contributed by atoms with Crippen LogP contribution in [0.2, 0.25) is 5.02 Å². The maximum atomic E-state index is 12.6. The average Bonchev–Trinajstić information content (AvgIpc) is 3.39. The van der Waals surface area contributed by atoms with Gasteiger partial charge >= 0.3 is 6.03 Å². The minimum atomic E-state index is -0.299. The molecule has 0 spiro atoms. The number of anilines is 2. The van der Waals surface area contributed by atoms with Crippen LogP contribution in [0.25, 0.3) is 11.3 Å². The fourth-order valence-electron chi connectivity index (χ4n) is 3.23. The highest BCUT2D eigenvalue weighted by Crippen LogP contribution is 2.45. The molecular weight excluding hydrogens is 360 g/mol. The second-order valence-corrected chi connectivity index (χ2v) is 7.48. The van der Waals surface area contributed by atoms with Crippen molar-refractivity contribution in [1.29, 1.82) is 0 Å². The minimum absolute atomic E-state index is 0.299. The molecule has 138 valence electrons. The monoisotopic (exact) mass is 380 g/mol. The van der Waals surface area contributed by atoms with E-state index >= 15 is 0 Å². The number of nitrogens with zero attached hydrogens (tertiary/aromatic N) is 1. The first-order chi connectivity index (χ1) is 13.0. The molecule has 0 bridgehead atoms. The summed E-state index contributed by atoms with van der Waals surface area (Å²) in [5, 5.41) is 14.2. The standard InChI is InChI=1S/C21H21ClN4O/c1-12-3-10-17(13(2)11-12)19-20(18(25-26-19)14-4-5-14)24-21(27)23-16-8-6-15(22)7-9-16/h3,6-11,14H,4-5H2,1-2H3,(H,25,26)(H2,23,24,27). The second-order valence-electron chi connectivity index (χ2n) is 7.04. The molecule has 3 aromatic rings. The van der Waals surface area contributed by atoms with Gasteiger partial charge in [-0.25, -0.2) is 4.79 Å². The first-order valence-corrected chi connectivity index (χ1v) is 9.38. The highest BCUT2D eigenvalue weighted by atomic mass is 35.5. The van der Waals surface area contributed by atoms with Crippen molar-refractivity contribution in [1.82, 2.24) is 10.2 Å². The maximum Gasteiger partial charge on any atom is 0.323 e. The van der Waals surface area contributed by atoms with Crippen LogP contribution in [0.4, 0.5) is 16.2 Å². The Morgan fingerprint density at radius 3 is 2.52 bits per heavy atom. The van der Waals surface area contributed by atoms with Gasteiger partial charge in [0.2, 0.25) is 0 Å². The lowest BCUT2D eigenvalue weighted by Gasteiger charge is -2.11.